The molecule has 5 heteroatoms. The summed E-state index contributed by atoms with van der Waals surface area (Å²) >= 11 is 0. The van der Waals surface area contributed by atoms with E-state index in [1.807, 2.05) is 0 Å². The normalized spacial score (nSPS) is 22.3. The summed E-state index contributed by atoms with van der Waals surface area (Å²) < 4.78 is 27.7. The van der Waals surface area contributed by atoms with E-state index < -0.39 is 15.8 Å². The number of ketones is 1. The molecule has 1 heterocycles. The molecule has 0 radical (unpaired) electrons. The minimum Gasteiger partial charge on any atom is -0.497 e. The molecule has 0 amide bonds. The highest BCUT2D eigenvalue weighted by Crippen LogP contribution is 2.24. The van der Waals surface area contributed by atoms with Crippen LogP contribution in [0.1, 0.15) is 16.8 Å². The first-order chi connectivity index (χ1) is 8.02. The molecule has 92 valence electrons. The van der Waals surface area contributed by atoms with Gasteiger partial charge in [-0.2, -0.15) is 0 Å². The molecule has 2 rings (SSSR count). The second-order valence-electron chi connectivity index (χ2n) is 4.20. The van der Waals surface area contributed by atoms with Gasteiger partial charge in [0.2, 0.25) is 0 Å². The smallest absolute Gasteiger partial charge is 0.167 e. The predicted molar refractivity (Wildman–Crippen MR) is 64.1 cm³/mol. The third kappa shape index (κ3) is 2.66. The van der Waals surface area contributed by atoms with Crippen molar-refractivity contribution >= 4 is 15.6 Å². The van der Waals surface area contributed by atoms with Crippen molar-refractivity contribution in [1.82, 2.24) is 0 Å². The molecule has 0 saturated carbocycles. The van der Waals surface area contributed by atoms with Crippen LogP contribution in [0.5, 0.6) is 5.75 Å². The fourth-order valence-corrected chi connectivity index (χ4v) is 3.76. The van der Waals surface area contributed by atoms with E-state index in [1.165, 1.54) is 7.11 Å². The molecule has 1 aromatic carbocycles. The molecule has 0 bridgehead atoms. The van der Waals surface area contributed by atoms with Gasteiger partial charge in [-0.05, 0) is 18.6 Å². The van der Waals surface area contributed by atoms with Crippen molar-refractivity contribution in [2.75, 3.05) is 18.6 Å². The van der Waals surface area contributed by atoms with Gasteiger partial charge in [0.1, 0.15) is 5.75 Å². The molecule has 1 saturated heterocycles. The van der Waals surface area contributed by atoms with Gasteiger partial charge in [0.15, 0.2) is 15.6 Å². The van der Waals surface area contributed by atoms with Gasteiger partial charge in [0.25, 0.3) is 0 Å². The van der Waals surface area contributed by atoms with Crippen LogP contribution in [0.2, 0.25) is 0 Å². The fourth-order valence-electron chi connectivity index (χ4n) is 2.01. The molecule has 1 atom stereocenters. The van der Waals surface area contributed by atoms with Gasteiger partial charge in [0.05, 0.1) is 18.6 Å². The largest absolute Gasteiger partial charge is 0.497 e. The molecule has 0 aliphatic carbocycles. The van der Waals surface area contributed by atoms with E-state index in [4.69, 9.17) is 4.74 Å². The van der Waals surface area contributed by atoms with E-state index in [0.29, 0.717) is 17.7 Å². The number of rotatable bonds is 3. The summed E-state index contributed by atoms with van der Waals surface area (Å²) in [4.78, 5) is 12.1. The van der Waals surface area contributed by atoms with Crippen LogP contribution in [-0.2, 0) is 9.84 Å². The Morgan fingerprint density at radius 1 is 1.41 bits per heavy atom. The van der Waals surface area contributed by atoms with Gasteiger partial charge in [-0.15, -0.1) is 0 Å². The van der Waals surface area contributed by atoms with Crippen molar-refractivity contribution in [2.24, 2.45) is 5.92 Å². The zero-order valence-electron chi connectivity index (χ0n) is 9.55. The van der Waals surface area contributed by atoms with E-state index in [0.717, 1.165) is 0 Å². The first-order valence-corrected chi connectivity index (χ1v) is 7.23. The summed E-state index contributed by atoms with van der Waals surface area (Å²) in [6.07, 6.45) is 0.429. The molecular weight excluding hydrogens is 240 g/mol. The quantitative estimate of drug-likeness (QED) is 0.763. The Hall–Kier alpha value is -1.36. The summed E-state index contributed by atoms with van der Waals surface area (Å²) in [5.41, 5.74) is 0.520. The maximum Gasteiger partial charge on any atom is 0.167 e. The number of hydrogen-bond donors (Lipinski definition) is 0. The maximum atomic E-state index is 12.1. The molecule has 4 nitrogen and oxygen atoms in total. The Bertz CT molecular complexity index is 533. The van der Waals surface area contributed by atoms with E-state index in [2.05, 4.69) is 0 Å². The van der Waals surface area contributed by atoms with Crippen LogP contribution in [0.3, 0.4) is 0 Å². The highest BCUT2D eigenvalue weighted by atomic mass is 32.2. The van der Waals surface area contributed by atoms with Gasteiger partial charge >= 0.3 is 0 Å². The third-order valence-electron chi connectivity index (χ3n) is 2.96. The Morgan fingerprint density at radius 3 is 2.76 bits per heavy atom. The maximum absolute atomic E-state index is 12.1. The average Bonchev–Trinajstić information content (AvgIpc) is 2.69. The lowest BCUT2D eigenvalue weighted by Gasteiger charge is -2.07. The SMILES string of the molecule is COc1cccc(C(=O)C2CCS(=O)(=O)C2)c1. The van der Waals surface area contributed by atoms with Crippen molar-refractivity contribution < 1.29 is 17.9 Å². The first-order valence-electron chi connectivity index (χ1n) is 5.40. The number of sulfone groups is 1. The minimum atomic E-state index is -3.02. The number of ether oxygens (including phenoxy) is 1. The molecule has 0 N–H and O–H groups in total. The van der Waals surface area contributed by atoms with Crippen LogP contribution in [0.25, 0.3) is 0 Å². The number of carbonyl (C=O) groups is 1. The van der Waals surface area contributed by atoms with E-state index in [-0.39, 0.29) is 17.3 Å². The topological polar surface area (TPSA) is 60.4 Å². The number of hydrogen-bond acceptors (Lipinski definition) is 4. The molecule has 0 spiro atoms. The van der Waals surface area contributed by atoms with Crippen molar-refractivity contribution in [3.63, 3.8) is 0 Å². The zero-order chi connectivity index (χ0) is 12.5. The van der Waals surface area contributed by atoms with E-state index in [9.17, 15) is 13.2 Å². The van der Waals surface area contributed by atoms with Crippen LogP contribution >= 0.6 is 0 Å². The summed E-state index contributed by atoms with van der Waals surface area (Å²) in [6, 6.07) is 6.82. The number of carbonyl (C=O) groups excluding carboxylic acids is 1. The van der Waals surface area contributed by atoms with E-state index >= 15 is 0 Å². The van der Waals surface area contributed by atoms with Crippen LogP contribution in [0.4, 0.5) is 0 Å². The fraction of sp³-hybridized carbons (Fsp3) is 0.417. The monoisotopic (exact) mass is 254 g/mol. The Kier molecular flexibility index (Phi) is 3.19. The van der Waals surface area contributed by atoms with Crippen LogP contribution in [0, 0.1) is 5.92 Å². The molecule has 1 aliphatic heterocycles. The van der Waals surface area contributed by atoms with Gasteiger partial charge in [0, 0.05) is 11.5 Å². The van der Waals surface area contributed by atoms with Gasteiger partial charge in [-0.1, -0.05) is 12.1 Å². The molecule has 1 aromatic rings. The van der Waals surface area contributed by atoms with Crippen molar-refractivity contribution in [3.8, 4) is 5.75 Å². The third-order valence-corrected chi connectivity index (χ3v) is 4.73. The Morgan fingerprint density at radius 2 is 2.18 bits per heavy atom. The lowest BCUT2D eigenvalue weighted by atomic mass is 9.97. The summed E-state index contributed by atoms with van der Waals surface area (Å²) in [7, 11) is -1.48. The number of Topliss-reactive ketones (excluding diaryl/α,β-unsaturated/α-hetero) is 1. The van der Waals surface area contributed by atoms with Gasteiger partial charge in [-0.25, -0.2) is 8.42 Å². The number of benzene rings is 1. The lowest BCUT2D eigenvalue weighted by Crippen LogP contribution is -2.16. The zero-order valence-corrected chi connectivity index (χ0v) is 10.4. The first kappa shape index (κ1) is 12.1. The van der Waals surface area contributed by atoms with Gasteiger partial charge < -0.3 is 4.74 Å². The summed E-state index contributed by atoms with van der Waals surface area (Å²) in [6.45, 7) is 0. The van der Waals surface area contributed by atoms with E-state index in [1.54, 1.807) is 24.3 Å². The van der Waals surface area contributed by atoms with Crippen LogP contribution < -0.4 is 4.74 Å². The van der Waals surface area contributed by atoms with Crippen molar-refractivity contribution in [3.05, 3.63) is 29.8 Å². The highest BCUT2D eigenvalue weighted by molar-refractivity contribution is 7.91. The average molecular weight is 254 g/mol. The van der Waals surface area contributed by atoms with Crippen molar-refractivity contribution in [1.29, 1.82) is 0 Å². The summed E-state index contributed by atoms with van der Waals surface area (Å²) in [5.74, 6) is 0.199. The second-order valence-corrected chi connectivity index (χ2v) is 6.42. The standard InChI is InChI=1S/C12H14O4S/c1-16-11-4-2-3-9(7-11)12(13)10-5-6-17(14,15)8-10/h2-4,7,10H,5-6,8H2,1H3. The molecular formula is C12H14O4S. The molecule has 1 aliphatic rings. The molecule has 1 fully saturated rings. The van der Waals surface area contributed by atoms with Gasteiger partial charge in [-0.3, -0.25) is 4.79 Å². The lowest BCUT2D eigenvalue weighted by molar-refractivity contribution is 0.0933. The molecule has 1 unspecified atom stereocenters. The Balaban J connectivity index is 2.20. The molecule has 17 heavy (non-hydrogen) atoms. The highest BCUT2D eigenvalue weighted by Gasteiger charge is 2.33. The Labute approximate surface area is 101 Å². The van der Waals surface area contributed by atoms with Crippen LogP contribution in [-0.4, -0.2) is 32.8 Å². The van der Waals surface area contributed by atoms with Crippen LogP contribution in [0.15, 0.2) is 24.3 Å². The number of methoxy groups -OCH3 is 1. The second kappa shape index (κ2) is 4.49. The minimum absolute atomic E-state index is 0.0248. The summed E-state index contributed by atoms with van der Waals surface area (Å²) in [5, 5.41) is 0. The van der Waals surface area contributed by atoms with Crippen molar-refractivity contribution in [2.45, 2.75) is 6.42 Å². The predicted octanol–water partition coefficient (Wildman–Crippen LogP) is 1.31. The molecule has 0 aromatic heterocycles.